The van der Waals surface area contributed by atoms with Crippen LogP contribution in [0.25, 0.3) is 0 Å². The largest absolute Gasteiger partial charge is 0.479 e. The van der Waals surface area contributed by atoms with Gasteiger partial charge in [-0.1, -0.05) is 0 Å². The third-order valence-electron chi connectivity index (χ3n) is 1.54. The van der Waals surface area contributed by atoms with E-state index in [0.29, 0.717) is 0 Å². The van der Waals surface area contributed by atoms with Crippen molar-refractivity contribution in [1.29, 1.82) is 0 Å². The van der Waals surface area contributed by atoms with E-state index in [2.05, 4.69) is 9.84 Å². The first kappa shape index (κ1) is 8.95. The fourth-order valence-corrected chi connectivity index (χ4v) is 0.894. The third-order valence-corrected chi connectivity index (χ3v) is 1.54. The van der Waals surface area contributed by atoms with E-state index in [9.17, 15) is 4.79 Å². The molecule has 0 spiro atoms. The molecule has 0 radical (unpaired) electrons. The molecule has 6 nitrogen and oxygen atoms in total. The van der Waals surface area contributed by atoms with Gasteiger partial charge in [0.2, 0.25) is 0 Å². The molecular formula is C6H10N2O4. The van der Waals surface area contributed by atoms with Gasteiger partial charge in [0.25, 0.3) is 5.90 Å². The summed E-state index contributed by atoms with van der Waals surface area (Å²) >= 11 is 0. The summed E-state index contributed by atoms with van der Waals surface area (Å²) in [4.78, 5) is 11.1. The smallest absolute Gasteiger partial charge is 0.327 e. The van der Waals surface area contributed by atoms with E-state index in [4.69, 9.17) is 10.2 Å². The highest BCUT2D eigenvalue weighted by Gasteiger charge is 2.49. The molecule has 6 heteroatoms. The molecule has 12 heavy (non-hydrogen) atoms. The Bertz CT molecular complexity index is 236. The van der Waals surface area contributed by atoms with E-state index in [-0.39, 0.29) is 6.54 Å². The number of nitrogens with zero attached hydrogens (tertiary/aromatic N) is 2. The topological polar surface area (TPSA) is 82.4 Å². The summed E-state index contributed by atoms with van der Waals surface area (Å²) in [5, 5.41) is 22.7. The summed E-state index contributed by atoms with van der Waals surface area (Å²) in [6.07, 6.45) is 0. The monoisotopic (exact) mass is 174 g/mol. The minimum atomic E-state index is -2.59. The van der Waals surface area contributed by atoms with Crippen molar-refractivity contribution >= 4 is 11.8 Å². The minimum absolute atomic E-state index is 0.272. The van der Waals surface area contributed by atoms with E-state index in [1.54, 1.807) is 6.92 Å². The first-order valence-corrected chi connectivity index (χ1v) is 3.43. The van der Waals surface area contributed by atoms with E-state index in [1.807, 2.05) is 0 Å². The molecule has 0 fully saturated rings. The Hall–Kier alpha value is -1.14. The molecular weight excluding hydrogens is 164 g/mol. The highest BCUT2D eigenvalue weighted by Crippen LogP contribution is 2.17. The molecule has 1 aliphatic heterocycles. The molecule has 2 N–H and O–H groups in total. The van der Waals surface area contributed by atoms with E-state index in [0.717, 1.165) is 5.01 Å². The number of hydrazone groups is 1. The van der Waals surface area contributed by atoms with Crippen LogP contribution in [-0.4, -0.2) is 46.5 Å². The van der Waals surface area contributed by atoms with Crippen LogP contribution < -0.4 is 0 Å². The number of carbonyl (C=O) groups excluding carboxylic acids is 1. The van der Waals surface area contributed by atoms with Crippen molar-refractivity contribution in [2.45, 2.75) is 12.7 Å². The predicted octanol–water partition coefficient (Wildman–Crippen LogP) is -1.51. The Morgan fingerprint density at radius 1 is 1.67 bits per heavy atom. The number of amides is 1. The predicted molar refractivity (Wildman–Crippen MR) is 39.0 cm³/mol. The highest BCUT2D eigenvalue weighted by molar-refractivity contribution is 6.09. The first-order chi connectivity index (χ1) is 5.54. The van der Waals surface area contributed by atoms with Gasteiger partial charge in [0.1, 0.15) is 0 Å². The van der Waals surface area contributed by atoms with Gasteiger partial charge in [-0.15, -0.1) is 5.10 Å². The second-order valence-corrected chi connectivity index (χ2v) is 2.30. The lowest BCUT2D eigenvalue weighted by atomic mass is 10.3. The van der Waals surface area contributed by atoms with E-state index in [1.165, 1.54) is 7.11 Å². The lowest BCUT2D eigenvalue weighted by Gasteiger charge is -2.14. The summed E-state index contributed by atoms with van der Waals surface area (Å²) in [6.45, 7) is 1.94. The van der Waals surface area contributed by atoms with Crippen LogP contribution in [0.4, 0.5) is 0 Å². The summed E-state index contributed by atoms with van der Waals surface area (Å²) < 4.78 is 4.52. The van der Waals surface area contributed by atoms with Gasteiger partial charge in [0.15, 0.2) is 0 Å². The van der Waals surface area contributed by atoms with Crippen LogP contribution in [0.3, 0.4) is 0 Å². The first-order valence-electron chi connectivity index (χ1n) is 3.43. The number of ether oxygens (including phenoxy) is 1. The number of likely N-dealkylation sites (N-methyl/N-ethyl adjacent to an activating group) is 1. The second kappa shape index (κ2) is 2.72. The maximum absolute atomic E-state index is 11.1. The van der Waals surface area contributed by atoms with Crippen molar-refractivity contribution in [3.05, 3.63) is 0 Å². The molecule has 0 saturated carbocycles. The summed E-state index contributed by atoms with van der Waals surface area (Å²) in [5.41, 5.74) is 0. The quantitative estimate of drug-likeness (QED) is 0.473. The van der Waals surface area contributed by atoms with Crippen molar-refractivity contribution in [3.8, 4) is 0 Å². The van der Waals surface area contributed by atoms with Crippen LogP contribution >= 0.6 is 0 Å². The van der Waals surface area contributed by atoms with Gasteiger partial charge in [-0.05, 0) is 6.92 Å². The maximum Gasteiger partial charge on any atom is 0.327 e. The molecule has 1 amide bonds. The minimum Gasteiger partial charge on any atom is -0.479 e. The Morgan fingerprint density at radius 2 is 2.25 bits per heavy atom. The maximum atomic E-state index is 11.1. The molecule has 1 aliphatic rings. The van der Waals surface area contributed by atoms with Crippen LogP contribution in [0.2, 0.25) is 0 Å². The standard InChI is InChI=1S/C6H10N2O4/c1-3-8-5(9)6(10,11)4(7-8)12-2/h10-11H,3H2,1-2H3. The van der Waals surface area contributed by atoms with Gasteiger partial charge in [-0.25, -0.2) is 5.01 Å². The van der Waals surface area contributed by atoms with Crippen molar-refractivity contribution < 1.29 is 19.7 Å². The lowest BCUT2D eigenvalue weighted by Crippen LogP contribution is -2.46. The molecule has 0 saturated heterocycles. The van der Waals surface area contributed by atoms with Crippen LogP contribution in [0.5, 0.6) is 0 Å². The Morgan fingerprint density at radius 3 is 2.50 bits per heavy atom. The molecule has 0 unspecified atom stereocenters. The molecule has 1 heterocycles. The molecule has 0 aromatic carbocycles. The average molecular weight is 174 g/mol. The van der Waals surface area contributed by atoms with Crippen LogP contribution in [0, 0.1) is 0 Å². The Labute approximate surface area is 69.0 Å². The highest BCUT2D eigenvalue weighted by atomic mass is 16.6. The third kappa shape index (κ3) is 1.05. The summed E-state index contributed by atoms with van der Waals surface area (Å²) in [7, 11) is 1.21. The van der Waals surface area contributed by atoms with Gasteiger partial charge >= 0.3 is 11.7 Å². The van der Waals surface area contributed by atoms with Crippen molar-refractivity contribution in [2.24, 2.45) is 5.10 Å². The molecule has 68 valence electrons. The molecule has 0 bridgehead atoms. The zero-order chi connectivity index (χ0) is 9.35. The van der Waals surface area contributed by atoms with Crippen molar-refractivity contribution in [1.82, 2.24) is 5.01 Å². The van der Waals surface area contributed by atoms with E-state index >= 15 is 0 Å². The number of aliphatic hydroxyl groups is 2. The second-order valence-electron chi connectivity index (χ2n) is 2.30. The number of hydrogen-bond donors (Lipinski definition) is 2. The molecule has 0 aromatic heterocycles. The van der Waals surface area contributed by atoms with Crippen LogP contribution in [0.15, 0.2) is 5.10 Å². The van der Waals surface area contributed by atoms with Gasteiger partial charge in [-0.2, -0.15) is 0 Å². The van der Waals surface area contributed by atoms with Crippen molar-refractivity contribution in [3.63, 3.8) is 0 Å². The van der Waals surface area contributed by atoms with Gasteiger partial charge < -0.3 is 14.9 Å². The Balaban J connectivity index is 2.94. The van der Waals surface area contributed by atoms with Gasteiger partial charge in [0.05, 0.1) is 7.11 Å². The number of hydrogen-bond acceptors (Lipinski definition) is 5. The van der Waals surface area contributed by atoms with Gasteiger partial charge in [0, 0.05) is 6.54 Å². The lowest BCUT2D eigenvalue weighted by molar-refractivity contribution is -0.170. The van der Waals surface area contributed by atoms with Crippen LogP contribution in [-0.2, 0) is 9.53 Å². The van der Waals surface area contributed by atoms with Crippen LogP contribution in [0.1, 0.15) is 6.92 Å². The molecule has 0 atom stereocenters. The van der Waals surface area contributed by atoms with Gasteiger partial charge in [-0.3, -0.25) is 4.79 Å². The number of methoxy groups -OCH3 is 1. The van der Waals surface area contributed by atoms with Crippen molar-refractivity contribution in [2.75, 3.05) is 13.7 Å². The zero-order valence-electron chi connectivity index (χ0n) is 6.81. The van der Waals surface area contributed by atoms with E-state index < -0.39 is 17.6 Å². The Kier molecular flexibility index (Phi) is 2.03. The SMILES string of the molecule is CCN1N=C(OC)C(O)(O)C1=O. The number of carbonyl (C=O) groups is 1. The summed E-state index contributed by atoms with van der Waals surface area (Å²) in [6, 6.07) is 0. The molecule has 0 aromatic rings. The fraction of sp³-hybridized carbons (Fsp3) is 0.667. The summed E-state index contributed by atoms with van der Waals surface area (Å²) in [5.74, 6) is -3.87. The molecule has 0 aliphatic carbocycles. The zero-order valence-corrected chi connectivity index (χ0v) is 6.81. The number of rotatable bonds is 1. The fourth-order valence-electron chi connectivity index (χ4n) is 0.894. The molecule has 1 rings (SSSR count). The normalized spacial score (nSPS) is 21.2. The average Bonchev–Trinajstić information content (AvgIpc) is 2.25.